The minimum absolute atomic E-state index is 0.272. The average Bonchev–Trinajstić information content (AvgIpc) is 1.47. The zero-order chi connectivity index (χ0) is 78.5. The van der Waals surface area contributed by atoms with Gasteiger partial charge >= 0.3 is 0 Å². The minimum atomic E-state index is 0.272. The van der Waals surface area contributed by atoms with Crippen molar-refractivity contribution < 1.29 is 4.74 Å². The minimum Gasteiger partial charge on any atom is -0.379 e. The number of hydrogen-bond acceptors (Lipinski definition) is 19. The van der Waals surface area contributed by atoms with Gasteiger partial charge in [0.2, 0.25) is 0 Å². The highest BCUT2D eigenvalue weighted by atomic mass is 16.5. The molecule has 2 aliphatic rings. The summed E-state index contributed by atoms with van der Waals surface area (Å²) in [6.45, 7) is 98.2. The highest BCUT2D eigenvalue weighted by Crippen LogP contribution is 2.13. The van der Waals surface area contributed by atoms with Crippen LogP contribution in [0.5, 0.6) is 0 Å². The van der Waals surface area contributed by atoms with Gasteiger partial charge < -0.3 is 79.6 Å². The Hall–Kier alpha value is -0.760. The lowest BCUT2D eigenvalue weighted by atomic mass is 10.1. The second kappa shape index (κ2) is 81.5. The molecule has 598 valence electrons. The van der Waals surface area contributed by atoms with Crippen LogP contribution in [0.2, 0.25) is 0 Å². The molecule has 2 aliphatic heterocycles. The van der Waals surface area contributed by atoms with Crippen LogP contribution in [0.15, 0.2) is 0 Å². The fourth-order valence-electron chi connectivity index (χ4n) is 7.45. The van der Waals surface area contributed by atoms with E-state index in [9.17, 15) is 0 Å². The first-order valence-electron chi connectivity index (χ1n) is 38.4. The predicted octanol–water partition coefficient (Wildman–Crippen LogP) is 10.8. The smallest absolute Gasteiger partial charge is 0.0594 e. The second-order valence-corrected chi connectivity index (χ2v) is 31.0. The Morgan fingerprint density at radius 3 is 0.885 bits per heavy atom. The molecule has 15 N–H and O–H groups in total. The van der Waals surface area contributed by atoms with Crippen molar-refractivity contribution in [1.82, 2.24) is 65.8 Å². The molecule has 0 bridgehead atoms. The summed E-state index contributed by atoms with van der Waals surface area (Å²) in [4.78, 5) is 18.7. The van der Waals surface area contributed by atoms with Crippen LogP contribution < -0.4 is 55.3 Å². The van der Waals surface area contributed by atoms with Gasteiger partial charge in [-0.1, -0.05) is 96.9 Å². The number of nitrogens with zero attached hydrogens (tertiary/aromatic N) is 8. The monoisotopic (exact) mass is 1390 g/mol. The summed E-state index contributed by atoms with van der Waals surface area (Å²) in [5, 5.41) is 16.1. The first kappa shape index (κ1) is 119. The standard InChI is InChI=1S/C8H19N.C7H19N3.C7H16N2.C7H15NO.2C7H17N.C6H16N2.C6H15N.C5H14N2.2C5H13N.C4H11N.C3H9N/c1-7(2)9(6)8(3,4)5;1-7(2)10(5-3-8)6-4-9;1-7(2)9-5-3-8-4-6-9;1-7(2)8-3-5-9-6-4-8;1-6(2)8-7(3,4)5;1-5-8(6-2)7(3)4;1-6(2)8(3)5-4-7;1-5-7(4)6(2)3;1-5(2)7-4-3-6;1-5(2)6(3)4;1-4-6-5(2)3;1-4(2)5-3;1-3(2)4/h7H,1-6H3;7H,3-6,8-9H2,1-2H3;7-8H,3-6H2,1-2H3;7H,3-6H2,1-2H3;6,8H,1-5H3;7H,5-6H2,1-4H3;6H,4-5,7H2,1-3H3;6H,5H2,1-4H3;5,7H,3-4,6H2,1-2H3;5H,1-4H3;5-6H,4H2,1-3H3;4-5H,1-3H3;3H,4H2,1-2H3. The van der Waals surface area contributed by atoms with E-state index in [2.05, 4.69) is 336 Å². The molecule has 2 heterocycles. The molecule has 2 fully saturated rings. The lowest BCUT2D eigenvalue weighted by Crippen LogP contribution is -2.46. The third-order valence-corrected chi connectivity index (χ3v) is 15.0. The molecular weight excluding hydrogens is 1190 g/mol. The van der Waals surface area contributed by atoms with Crippen LogP contribution in [0.3, 0.4) is 0 Å². The summed E-state index contributed by atoms with van der Waals surface area (Å²) in [7, 11) is 12.5. The van der Waals surface area contributed by atoms with Crippen molar-refractivity contribution in [3.05, 3.63) is 0 Å². The van der Waals surface area contributed by atoms with Gasteiger partial charge in [0, 0.05) is 175 Å². The maximum atomic E-state index is 5.42. The van der Waals surface area contributed by atoms with Crippen molar-refractivity contribution in [3.63, 3.8) is 0 Å². The van der Waals surface area contributed by atoms with Crippen LogP contribution in [-0.4, -0.2) is 302 Å². The van der Waals surface area contributed by atoms with E-state index in [0.29, 0.717) is 78.0 Å². The summed E-state index contributed by atoms with van der Waals surface area (Å²) in [6.07, 6.45) is 0. The van der Waals surface area contributed by atoms with Crippen molar-refractivity contribution >= 4 is 0 Å². The van der Waals surface area contributed by atoms with Crippen LogP contribution in [-0.2, 0) is 4.74 Å². The van der Waals surface area contributed by atoms with Gasteiger partial charge in [0.15, 0.2) is 0 Å². The lowest BCUT2D eigenvalue weighted by molar-refractivity contribution is 0.0238. The van der Waals surface area contributed by atoms with Gasteiger partial charge in [-0.05, 0) is 227 Å². The molecule has 0 radical (unpaired) electrons. The molecule has 0 aliphatic carbocycles. The van der Waals surface area contributed by atoms with Crippen LogP contribution >= 0.6 is 0 Å². The molecule has 0 aromatic heterocycles. The molecule has 0 amide bonds. The van der Waals surface area contributed by atoms with Crippen molar-refractivity contribution in [1.29, 1.82) is 0 Å². The maximum absolute atomic E-state index is 5.42. The van der Waals surface area contributed by atoms with Crippen LogP contribution in [0.4, 0.5) is 0 Å². The summed E-state index contributed by atoms with van der Waals surface area (Å²) >= 11 is 0. The first-order valence-corrected chi connectivity index (χ1v) is 38.4. The number of likely N-dealkylation sites (N-methyl/N-ethyl adjacent to an activating group) is 1. The third-order valence-electron chi connectivity index (χ3n) is 15.0. The highest BCUT2D eigenvalue weighted by molar-refractivity contribution is 4.75. The van der Waals surface area contributed by atoms with E-state index in [4.69, 9.17) is 33.4 Å². The topological polar surface area (TPSA) is 225 Å². The summed E-state index contributed by atoms with van der Waals surface area (Å²) < 4.78 is 5.21. The fraction of sp³-hybridized carbons (Fsp3) is 1.00. The summed E-state index contributed by atoms with van der Waals surface area (Å²) in [5.41, 5.74) is 27.1. The Morgan fingerprint density at radius 1 is 0.438 bits per heavy atom. The lowest BCUT2D eigenvalue weighted by Gasteiger charge is -2.35. The van der Waals surface area contributed by atoms with Gasteiger partial charge in [0.05, 0.1) is 13.2 Å². The number of nitrogens with two attached hydrogens (primary N) is 5. The Morgan fingerprint density at radius 2 is 0.781 bits per heavy atom. The average molecular weight is 1390 g/mol. The van der Waals surface area contributed by atoms with Gasteiger partial charge in [-0.25, -0.2) is 0 Å². The van der Waals surface area contributed by atoms with E-state index >= 15 is 0 Å². The van der Waals surface area contributed by atoms with E-state index < -0.39 is 0 Å². The summed E-state index contributed by atoms with van der Waals surface area (Å²) in [6, 6.07) is 8.13. The highest BCUT2D eigenvalue weighted by Gasteiger charge is 2.19. The Kier molecular flexibility index (Phi) is 101. The van der Waals surface area contributed by atoms with Gasteiger partial charge in [0.25, 0.3) is 0 Å². The molecule has 0 atom stereocenters. The molecule has 0 unspecified atom stereocenters. The number of hydrogen-bond donors (Lipinski definition) is 10. The first-order chi connectivity index (χ1) is 43.9. The van der Waals surface area contributed by atoms with Crippen molar-refractivity contribution in [2.75, 3.05) is 173 Å². The molecule has 2 rings (SSSR count). The molecule has 2 saturated heterocycles. The molecule has 19 nitrogen and oxygen atoms in total. The maximum Gasteiger partial charge on any atom is 0.0594 e. The van der Waals surface area contributed by atoms with Crippen LogP contribution in [0, 0.1) is 0 Å². The van der Waals surface area contributed by atoms with E-state index in [-0.39, 0.29) is 5.54 Å². The van der Waals surface area contributed by atoms with Crippen LogP contribution in [0.1, 0.15) is 249 Å². The molecule has 0 saturated carbocycles. The molecular formula is C77H194N18O. The number of morpholine rings is 1. The van der Waals surface area contributed by atoms with Crippen molar-refractivity contribution in [2.24, 2.45) is 28.7 Å². The zero-order valence-corrected chi connectivity index (χ0v) is 74.0. The quantitative estimate of drug-likeness (QED) is 0.0434. The zero-order valence-electron chi connectivity index (χ0n) is 74.0. The van der Waals surface area contributed by atoms with Gasteiger partial charge in [0.1, 0.15) is 0 Å². The van der Waals surface area contributed by atoms with Gasteiger partial charge in [-0.15, -0.1) is 0 Å². The van der Waals surface area contributed by atoms with E-state index in [1.54, 1.807) is 0 Å². The van der Waals surface area contributed by atoms with Crippen molar-refractivity contribution in [2.45, 2.75) is 339 Å². The predicted molar refractivity (Wildman–Crippen MR) is 444 cm³/mol. The number of piperazine rings is 1. The summed E-state index contributed by atoms with van der Waals surface area (Å²) in [5.74, 6) is 0. The number of rotatable bonds is 24. The largest absolute Gasteiger partial charge is 0.379 e. The fourth-order valence-corrected chi connectivity index (χ4v) is 7.45. The van der Waals surface area contributed by atoms with E-state index in [1.807, 2.05) is 20.9 Å². The SMILES string of the molecule is CC(C)N.CC(C)N(C)C.CC(C)N(C)C(C)(C)C.CC(C)N(C)CCN.CC(C)N(CCN)CCN.CC(C)N1CCNCC1.CC(C)N1CCOCC1.CC(C)NC(C)(C)C.CC(C)NCCN.CCN(C)C(C)C.CCN(CC)C(C)C.CCNC(C)C.CNC(C)C. The molecule has 0 spiro atoms. The van der Waals surface area contributed by atoms with Crippen molar-refractivity contribution in [3.8, 4) is 0 Å². The third kappa shape index (κ3) is 117. The van der Waals surface area contributed by atoms with Gasteiger partial charge in [-0.2, -0.15) is 0 Å². The number of ether oxygens (including phenoxy) is 1. The molecule has 0 aromatic carbocycles. The Bertz CT molecular complexity index is 1320. The van der Waals surface area contributed by atoms with Gasteiger partial charge in [-0.3, -0.25) is 19.6 Å². The second-order valence-electron chi connectivity index (χ2n) is 31.0. The normalized spacial score (nSPS) is 13.4. The Labute approximate surface area is 608 Å². The molecule has 0 aromatic rings. The van der Waals surface area contributed by atoms with E-state index in [1.165, 1.54) is 26.2 Å². The number of nitrogens with one attached hydrogen (secondary N) is 5. The molecule has 19 heteroatoms. The molecule has 96 heavy (non-hydrogen) atoms. The van der Waals surface area contributed by atoms with E-state index in [0.717, 1.165) is 111 Å². The van der Waals surface area contributed by atoms with Crippen LogP contribution in [0.25, 0.3) is 0 Å². The Balaban J connectivity index is -0.0000000911.